The molecule has 106 valence electrons. The maximum atomic E-state index is 12.1. The number of carbonyl (C=O) groups is 2. The van der Waals surface area contributed by atoms with E-state index in [1.165, 1.54) is 7.11 Å². The van der Waals surface area contributed by atoms with E-state index >= 15 is 0 Å². The van der Waals surface area contributed by atoms with Crippen LogP contribution < -0.4 is 0 Å². The average Bonchev–Trinajstić information content (AvgIpc) is 2.33. The van der Waals surface area contributed by atoms with Gasteiger partial charge in [0.15, 0.2) is 0 Å². The third-order valence-corrected chi connectivity index (χ3v) is 2.99. The summed E-state index contributed by atoms with van der Waals surface area (Å²) >= 11 is 0. The molecule has 0 aliphatic rings. The molecule has 0 N–H and O–H groups in total. The van der Waals surface area contributed by atoms with Crippen LogP contribution in [0, 0.1) is 5.92 Å². The van der Waals surface area contributed by atoms with Crippen LogP contribution in [0.5, 0.6) is 0 Å². The van der Waals surface area contributed by atoms with Gasteiger partial charge in [-0.15, -0.1) is 0 Å². The Bertz CT molecular complexity index is 251. The molecule has 0 aliphatic heterocycles. The predicted molar refractivity (Wildman–Crippen MR) is 72.4 cm³/mol. The normalized spacial score (nSPS) is 12.5. The molecule has 0 rings (SSSR count). The Morgan fingerprint density at radius 1 is 1.17 bits per heavy atom. The highest BCUT2D eigenvalue weighted by molar-refractivity contribution is 5.81. The van der Waals surface area contributed by atoms with Gasteiger partial charge in [-0.1, -0.05) is 19.8 Å². The van der Waals surface area contributed by atoms with Crippen molar-refractivity contribution in [1.29, 1.82) is 0 Å². The smallest absolute Gasteiger partial charge is 0.305 e. The second-order valence-electron chi connectivity index (χ2n) is 5.00. The van der Waals surface area contributed by atoms with Gasteiger partial charge in [-0.2, -0.15) is 0 Å². The van der Waals surface area contributed by atoms with Crippen LogP contribution in [0.2, 0.25) is 0 Å². The lowest BCUT2D eigenvalue weighted by Crippen LogP contribution is -2.28. The van der Waals surface area contributed by atoms with Crippen LogP contribution in [0.25, 0.3) is 0 Å². The zero-order valence-electron chi connectivity index (χ0n) is 12.2. The molecule has 0 saturated heterocycles. The number of carbonyl (C=O) groups excluding carboxylic acids is 2. The highest BCUT2D eigenvalue weighted by Gasteiger charge is 2.20. The van der Waals surface area contributed by atoms with Gasteiger partial charge < -0.3 is 9.64 Å². The van der Waals surface area contributed by atoms with E-state index in [0.29, 0.717) is 25.8 Å². The Balaban J connectivity index is 4.19. The molecule has 0 fully saturated rings. The number of esters is 1. The van der Waals surface area contributed by atoms with Gasteiger partial charge in [-0.25, -0.2) is 0 Å². The molecule has 0 aliphatic carbocycles. The van der Waals surface area contributed by atoms with E-state index in [0.717, 1.165) is 19.3 Å². The second-order valence-corrected chi connectivity index (χ2v) is 5.00. The van der Waals surface area contributed by atoms with Crippen molar-refractivity contribution in [3.63, 3.8) is 0 Å². The van der Waals surface area contributed by atoms with Crippen molar-refractivity contribution in [1.82, 2.24) is 4.90 Å². The molecule has 4 nitrogen and oxygen atoms in total. The van der Waals surface area contributed by atoms with Crippen molar-refractivity contribution < 1.29 is 14.3 Å². The number of hydrogen-bond acceptors (Lipinski definition) is 4. The molecule has 1 atom stereocenters. The molecule has 0 radical (unpaired) electrons. The van der Waals surface area contributed by atoms with Gasteiger partial charge in [0, 0.05) is 25.3 Å². The molecular weight excluding hydrogens is 230 g/mol. The number of nitrogens with zero attached hydrogens (tertiary/aromatic N) is 1. The van der Waals surface area contributed by atoms with Crippen molar-refractivity contribution in [2.45, 2.75) is 45.4 Å². The summed E-state index contributed by atoms with van der Waals surface area (Å²) in [5.41, 5.74) is 0. The van der Waals surface area contributed by atoms with Crippen LogP contribution in [0.4, 0.5) is 0 Å². The Labute approximate surface area is 111 Å². The number of rotatable bonds is 10. The predicted octanol–water partition coefficient (Wildman–Crippen LogP) is 2.27. The monoisotopic (exact) mass is 257 g/mol. The molecule has 1 unspecified atom stereocenters. The van der Waals surface area contributed by atoms with Gasteiger partial charge in [0.05, 0.1) is 7.11 Å². The summed E-state index contributed by atoms with van der Waals surface area (Å²) < 4.78 is 4.62. The fourth-order valence-electron chi connectivity index (χ4n) is 1.94. The van der Waals surface area contributed by atoms with Crippen LogP contribution in [0.15, 0.2) is 0 Å². The van der Waals surface area contributed by atoms with Gasteiger partial charge >= 0.3 is 5.97 Å². The highest BCUT2D eigenvalue weighted by atomic mass is 16.5. The van der Waals surface area contributed by atoms with E-state index in [9.17, 15) is 9.59 Å². The van der Waals surface area contributed by atoms with Crippen molar-refractivity contribution in [3.05, 3.63) is 0 Å². The lowest BCUT2D eigenvalue weighted by molar-refractivity contribution is -0.141. The van der Waals surface area contributed by atoms with Crippen LogP contribution in [-0.2, 0) is 14.3 Å². The summed E-state index contributed by atoms with van der Waals surface area (Å²) in [5, 5.41) is 0. The zero-order chi connectivity index (χ0) is 14.0. The fraction of sp³-hybridized carbons (Fsp3) is 0.857. The Morgan fingerprint density at radius 3 is 2.33 bits per heavy atom. The van der Waals surface area contributed by atoms with Crippen LogP contribution in [-0.4, -0.2) is 44.4 Å². The lowest BCUT2D eigenvalue weighted by atomic mass is 9.94. The third kappa shape index (κ3) is 8.23. The van der Waals surface area contributed by atoms with E-state index in [1.54, 1.807) is 0 Å². The van der Waals surface area contributed by atoms with Gasteiger partial charge in [0.2, 0.25) is 0 Å². The topological polar surface area (TPSA) is 46.6 Å². The van der Waals surface area contributed by atoms with E-state index in [2.05, 4.69) is 11.7 Å². The Hall–Kier alpha value is -0.900. The van der Waals surface area contributed by atoms with E-state index < -0.39 is 0 Å². The van der Waals surface area contributed by atoms with Crippen molar-refractivity contribution in [2.24, 2.45) is 5.92 Å². The third-order valence-electron chi connectivity index (χ3n) is 2.99. The molecule has 0 spiro atoms. The number of Topliss-reactive ketones (excluding diaryl/α,β-unsaturated/α-hetero) is 1. The molecule has 0 aromatic heterocycles. The molecular formula is C14H27NO3. The Kier molecular flexibility index (Phi) is 9.56. The number of methoxy groups -OCH3 is 1. The molecule has 0 aromatic carbocycles. The van der Waals surface area contributed by atoms with E-state index in [-0.39, 0.29) is 17.7 Å². The summed E-state index contributed by atoms with van der Waals surface area (Å²) in [7, 11) is 5.28. The molecule has 18 heavy (non-hydrogen) atoms. The van der Waals surface area contributed by atoms with Crippen molar-refractivity contribution in [2.75, 3.05) is 27.7 Å². The number of unbranched alkanes of at least 4 members (excludes halogenated alkanes) is 2. The summed E-state index contributed by atoms with van der Waals surface area (Å²) in [6.45, 7) is 2.83. The van der Waals surface area contributed by atoms with Crippen LogP contribution in [0.3, 0.4) is 0 Å². The second kappa shape index (κ2) is 10.1. The van der Waals surface area contributed by atoms with Gasteiger partial charge in [-0.05, 0) is 26.9 Å². The van der Waals surface area contributed by atoms with Gasteiger partial charge in [-0.3, -0.25) is 9.59 Å². The summed E-state index contributed by atoms with van der Waals surface area (Å²) in [5.74, 6) is -0.00266. The first-order chi connectivity index (χ1) is 8.51. The lowest BCUT2D eigenvalue weighted by Gasteiger charge is -2.19. The number of ether oxygens (including phenoxy) is 1. The van der Waals surface area contributed by atoms with Crippen molar-refractivity contribution >= 4 is 11.8 Å². The maximum Gasteiger partial charge on any atom is 0.305 e. The molecule has 0 heterocycles. The van der Waals surface area contributed by atoms with Crippen LogP contribution >= 0.6 is 0 Å². The van der Waals surface area contributed by atoms with Gasteiger partial charge in [0.1, 0.15) is 5.78 Å². The standard InChI is InChI=1S/C14H27NO3/c1-5-6-7-8-13(16)12(11-15(2)3)9-10-14(17)18-4/h12H,5-11H2,1-4H3. The summed E-state index contributed by atoms with van der Waals surface area (Å²) in [4.78, 5) is 25.2. The van der Waals surface area contributed by atoms with Crippen molar-refractivity contribution in [3.8, 4) is 0 Å². The first kappa shape index (κ1) is 17.1. The maximum absolute atomic E-state index is 12.1. The summed E-state index contributed by atoms with van der Waals surface area (Å²) in [6.07, 6.45) is 4.72. The highest BCUT2D eigenvalue weighted by Crippen LogP contribution is 2.14. The van der Waals surface area contributed by atoms with Crippen LogP contribution in [0.1, 0.15) is 45.4 Å². The Morgan fingerprint density at radius 2 is 1.83 bits per heavy atom. The first-order valence-electron chi connectivity index (χ1n) is 6.75. The molecule has 0 saturated carbocycles. The molecule has 0 bridgehead atoms. The minimum atomic E-state index is -0.236. The first-order valence-corrected chi connectivity index (χ1v) is 6.75. The molecule has 0 aromatic rings. The minimum Gasteiger partial charge on any atom is -0.469 e. The SMILES string of the molecule is CCCCCC(=O)C(CCC(=O)OC)CN(C)C. The number of ketones is 1. The average molecular weight is 257 g/mol. The minimum absolute atomic E-state index is 0.0454. The van der Waals surface area contributed by atoms with E-state index in [1.807, 2.05) is 19.0 Å². The summed E-state index contributed by atoms with van der Waals surface area (Å²) in [6, 6.07) is 0. The largest absolute Gasteiger partial charge is 0.469 e. The zero-order valence-corrected chi connectivity index (χ0v) is 12.2. The molecule has 4 heteroatoms. The fourth-order valence-corrected chi connectivity index (χ4v) is 1.94. The number of hydrogen-bond donors (Lipinski definition) is 0. The molecule has 0 amide bonds. The van der Waals surface area contributed by atoms with Gasteiger partial charge in [0.25, 0.3) is 0 Å². The van der Waals surface area contributed by atoms with E-state index in [4.69, 9.17) is 0 Å². The quantitative estimate of drug-likeness (QED) is 0.445.